The third kappa shape index (κ3) is 6.08. The molecule has 1 fully saturated rings. The molecule has 1 N–H and O–H groups in total. The van der Waals surface area contributed by atoms with Crippen molar-refractivity contribution < 1.29 is 22.4 Å². The van der Waals surface area contributed by atoms with E-state index in [1.54, 1.807) is 0 Å². The lowest BCUT2D eigenvalue weighted by Crippen LogP contribution is -2.30. The quantitative estimate of drug-likeness (QED) is 0.373. The maximum absolute atomic E-state index is 13.3. The summed E-state index contributed by atoms with van der Waals surface area (Å²) in [5, 5.41) is 10.7. The SMILES string of the molecule is O=C(CSc1nnc(-c2ccc(Br)cc2)o1)Nc1cc(C(F)(F)F)ccc1N1CCCCC1. The van der Waals surface area contributed by atoms with Crippen molar-refractivity contribution >= 4 is 45.0 Å². The van der Waals surface area contributed by atoms with E-state index in [4.69, 9.17) is 4.42 Å². The summed E-state index contributed by atoms with van der Waals surface area (Å²) in [6.07, 6.45) is -1.49. The second-order valence-electron chi connectivity index (χ2n) is 7.49. The van der Waals surface area contributed by atoms with Gasteiger partial charge in [-0.15, -0.1) is 10.2 Å². The van der Waals surface area contributed by atoms with Gasteiger partial charge in [0.15, 0.2) is 0 Å². The second kappa shape index (κ2) is 10.2. The number of carbonyl (C=O) groups excluding carboxylic acids is 1. The third-order valence-electron chi connectivity index (χ3n) is 5.12. The Bertz CT molecular complexity index is 1120. The van der Waals surface area contributed by atoms with Crippen LogP contribution in [-0.4, -0.2) is 34.9 Å². The van der Waals surface area contributed by atoms with Gasteiger partial charge in [0, 0.05) is 23.1 Å². The van der Waals surface area contributed by atoms with E-state index in [2.05, 4.69) is 31.4 Å². The summed E-state index contributed by atoms with van der Waals surface area (Å²) in [5.41, 5.74) is 0.675. The molecule has 0 radical (unpaired) electrons. The number of rotatable bonds is 6. The number of benzene rings is 2. The molecule has 1 saturated heterocycles. The Morgan fingerprint density at radius 2 is 1.82 bits per heavy atom. The summed E-state index contributed by atoms with van der Waals surface area (Å²) in [5.74, 6) is -0.228. The number of piperidine rings is 1. The highest BCUT2D eigenvalue weighted by Crippen LogP contribution is 2.36. The number of halogens is 4. The van der Waals surface area contributed by atoms with Crippen LogP contribution < -0.4 is 10.2 Å². The minimum absolute atomic E-state index is 0.0857. The lowest BCUT2D eigenvalue weighted by molar-refractivity contribution is -0.137. The number of hydrogen-bond acceptors (Lipinski definition) is 6. The molecule has 1 aliphatic rings. The molecular weight excluding hydrogens is 521 g/mol. The highest BCUT2D eigenvalue weighted by Gasteiger charge is 2.32. The van der Waals surface area contributed by atoms with Crippen LogP contribution in [0.5, 0.6) is 0 Å². The Morgan fingerprint density at radius 3 is 2.52 bits per heavy atom. The highest BCUT2D eigenvalue weighted by molar-refractivity contribution is 9.10. The zero-order chi connectivity index (χ0) is 23.4. The van der Waals surface area contributed by atoms with Crippen molar-refractivity contribution in [3.63, 3.8) is 0 Å². The lowest BCUT2D eigenvalue weighted by atomic mass is 10.1. The Kier molecular flexibility index (Phi) is 7.28. The second-order valence-corrected chi connectivity index (χ2v) is 9.34. The van der Waals surface area contributed by atoms with Gasteiger partial charge in [0.2, 0.25) is 11.8 Å². The van der Waals surface area contributed by atoms with E-state index in [0.717, 1.165) is 66.3 Å². The average molecular weight is 541 g/mol. The van der Waals surface area contributed by atoms with E-state index in [-0.39, 0.29) is 16.7 Å². The fourth-order valence-corrected chi connectivity index (χ4v) is 4.34. The number of hydrogen-bond donors (Lipinski definition) is 1. The molecule has 2 heterocycles. The summed E-state index contributed by atoms with van der Waals surface area (Å²) < 4.78 is 46.3. The smallest absolute Gasteiger partial charge is 0.411 e. The Hall–Kier alpha value is -2.53. The third-order valence-corrected chi connectivity index (χ3v) is 6.47. The zero-order valence-corrected chi connectivity index (χ0v) is 19.8. The van der Waals surface area contributed by atoms with Crippen LogP contribution >= 0.6 is 27.7 Å². The van der Waals surface area contributed by atoms with Crippen molar-refractivity contribution in [1.82, 2.24) is 10.2 Å². The molecule has 2 aromatic carbocycles. The average Bonchev–Trinajstić information content (AvgIpc) is 3.27. The van der Waals surface area contributed by atoms with Crippen molar-refractivity contribution in [2.75, 3.05) is 29.1 Å². The molecule has 0 atom stereocenters. The largest absolute Gasteiger partial charge is 0.416 e. The molecule has 0 bridgehead atoms. The van der Waals surface area contributed by atoms with E-state index in [9.17, 15) is 18.0 Å². The van der Waals surface area contributed by atoms with Crippen molar-refractivity contribution in [2.45, 2.75) is 30.7 Å². The van der Waals surface area contributed by atoms with Crippen molar-refractivity contribution in [3.05, 3.63) is 52.5 Å². The topological polar surface area (TPSA) is 71.3 Å². The lowest BCUT2D eigenvalue weighted by Gasteiger charge is -2.31. The molecule has 174 valence electrons. The van der Waals surface area contributed by atoms with Gasteiger partial charge in [-0.3, -0.25) is 4.79 Å². The van der Waals surface area contributed by atoms with E-state index in [0.29, 0.717) is 11.6 Å². The molecule has 3 aromatic rings. The molecule has 1 aliphatic heterocycles. The van der Waals surface area contributed by atoms with Gasteiger partial charge in [-0.05, 0) is 61.7 Å². The first kappa shape index (κ1) is 23.6. The van der Waals surface area contributed by atoms with Crippen LogP contribution in [0.4, 0.5) is 24.5 Å². The van der Waals surface area contributed by atoms with Gasteiger partial charge in [0.1, 0.15) is 0 Å². The van der Waals surface area contributed by atoms with Gasteiger partial charge in [0.25, 0.3) is 5.22 Å². The fraction of sp³-hybridized carbons (Fsp3) is 0.318. The van der Waals surface area contributed by atoms with E-state index in [1.807, 2.05) is 29.2 Å². The summed E-state index contributed by atoms with van der Waals surface area (Å²) in [7, 11) is 0. The number of thioether (sulfide) groups is 1. The molecule has 6 nitrogen and oxygen atoms in total. The molecule has 11 heteroatoms. The van der Waals surface area contributed by atoms with Crippen LogP contribution in [0.15, 0.2) is 56.6 Å². The monoisotopic (exact) mass is 540 g/mol. The van der Waals surface area contributed by atoms with Gasteiger partial charge in [-0.2, -0.15) is 13.2 Å². The molecule has 33 heavy (non-hydrogen) atoms. The number of carbonyl (C=O) groups is 1. The number of nitrogens with one attached hydrogen (secondary N) is 1. The van der Waals surface area contributed by atoms with Gasteiger partial charge >= 0.3 is 6.18 Å². The van der Waals surface area contributed by atoms with Crippen molar-refractivity contribution in [1.29, 1.82) is 0 Å². The van der Waals surface area contributed by atoms with Crippen LogP contribution in [0.1, 0.15) is 24.8 Å². The number of alkyl halides is 3. The van der Waals surface area contributed by atoms with Gasteiger partial charge in [-0.1, -0.05) is 27.7 Å². The van der Waals surface area contributed by atoms with Crippen molar-refractivity contribution in [3.8, 4) is 11.5 Å². The van der Waals surface area contributed by atoms with Crippen LogP contribution in [0.2, 0.25) is 0 Å². The molecule has 0 aliphatic carbocycles. The Labute approximate surface area is 201 Å². The summed E-state index contributed by atoms with van der Waals surface area (Å²) in [6.45, 7) is 1.48. The van der Waals surface area contributed by atoms with Gasteiger partial charge in [-0.25, -0.2) is 0 Å². The first-order chi connectivity index (χ1) is 15.8. The maximum atomic E-state index is 13.3. The van der Waals surface area contributed by atoms with Crippen LogP contribution in [0.3, 0.4) is 0 Å². The van der Waals surface area contributed by atoms with Crippen LogP contribution in [0, 0.1) is 0 Å². The molecule has 1 aromatic heterocycles. The standard InChI is InChI=1S/C22H20BrF3N4O2S/c23-16-7-4-14(5-8-16)20-28-29-21(32-20)33-13-19(31)27-17-12-15(22(24,25)26)6-9-18(17)30-10-2-1-3-11-30/h4-9,12H,1-3,10-11,13H2,(H,27,31). The fourth-order valence-electron chi connectivity index (χ4n) is 3.51. The van der Waals surface area contributed by atoms with Crippen molar-refractivity contribution in [2.24, 2.45) is 0 Å². The predicted octanol–water partition coefficient (Wildman–Crippen LogP) is 6.24. The zero-order valence-electron chi connectivity index (χ0n) is 17.4. The summed E-state index contributed by atoms with van der Waals surface area (Å²) in [6, 6.07) is 10.8. The van der Waals surface area contributed by atoms with E-state index < -0.39 is 17.6 Å². The number of nitrogens with zero attached hydrogens (tertiary/aromatic N) is 3. The van der Waals surface area contributed by atoms with E-state index >= 15 is 0 Å². The van der Waals surface area contributed by atoms with Gasteiger partial charge in [0.05, 0.1) is 22.7 Å². The molecule has 0 unspecified atom stereocenters. The van der Waals surface area contributed by atoms with E-state index in [1.165, 1.54) is 6.07 Å². The number of amides is 1. The predicted molar refractivity (Wildman–Crippen MR) is 124 cm³/mol. The van der Waals surface area contributed by atoms with Crippen LogP contribution in [-0.2, 0) is 11.0 Å². The summed E-state index contributed by atoms with van der Waals surface area (Å²) in [4.78, 5) is 14.6. The maximum Gasteiger partial charge on any atom is 0.416 e. The first-order valence-corrected chi connectivity index (χ1v) is 12.1. The highest BCUT2D eigenvalue weighted by atomic mass is 79.9. The first-order valence-electron chi connectivity index (χ1n) is 10.3. The van der Waals surface area contributed by atoms with Gasteiger partial charge < -0.3 is 14.6 Å². The molecule has 0 spiro atoms. The number of aromatic nitrogens is 2. The Morgan fingerprint density at radius 1 is 1.09 bits per heavy atom. The number of anilines is 2. The van der Waals surface area contributed by atoms with Crippen LogP contribution in [0.25, 0.3) is 11.5 Å². The normalized spacial score (nSPS) is 14.4. The molecule has 0 saturated carbocycles. The molecular formula is C22H20BrF3N4O2S. The molecule has 1 amide bonds. The Balaban J connectivity index is 1.44. The minimum atomic E-state index is -4.50. The minimum Gasteiger partial charge on any atom is -0.411 e. The molecule has 4 rings (SSSR count). The summed E-state index contributed by atoms with van der Waals surface area (Å²) >= 11 is 4.38.